The predicted molar refractivity (Wildman–Crippen MR) is 84.5 cm³/mol. The molecular weight excluding hydrogens is 266 g/mol. The summed E-state index contributed by atoms with van der Waals surface area (Å²) in [6.07, 6.45) is 2.85. The van der Waals surface area contributed by atoms with E-state index in [0.717, 1.165) is 37.2 Å². The molecule has 0 saturated heterocycles. The maximum atomic E-state index is 12.3. The smallest absolute Gasteiger partial charge is 0.231 e. The molecule has 0 heterocycles. The molecule has 0 aromatic heterocycles. The molecule has 5 heteroatoms. The summed E-state index contributed by atoms with van der Waals surface area (Å²) >= 11 is 0. The van der Waals surface area contributed by atoms with Gasteiger partial charge >= 0.3 is 0 Å². The normalized spacial score (nSPS) is 16.4. The minimum atomic E-state index is -0.359. The minimum absolute atomic E-state index is 0.0293. The molecular formula is C16H25N3O2. The second-order valence-corrected chi connectivity index (χ2v) is 5.97. The third kappa shape index (κ3) is 3.95. The van der Waals surface area contributed by atoms with Crippen molar-refractivity contribution in [1.82, 2.24) is 4.90 Å². The molecule has 3 N–H and O–H groups in total. The molecule has 1 aliphatic carbocycles. The van der Waals surface area contributed by atoms with Gasteiger partial charge in [0.2, 0.25) is 5.91 Å². The van der Waals surface area contributed by atoms with Crippen LogP contribution in [0.1, 0.15) is 19.3 Å². The first-order valence-electron chi connectivity index (χ1n) is 7.45. The highest BCUT2D eigenvalue weighted by atomic mass is 16.5. The van der Waals surface area contributed by atoms with E-state index >= 15 is 0 Å². The Labute approximate surface area is 126 Å². The molecule has 1 fully saturated rings. The highest BCUT2D eigenvalue weighted by Crippen LogP contribution is 2.40. The van der Waals surface area contributed by atoms with Crippen molar-refractivity contribution in [3.05, 3.63) is 24.3 Å². The molecule has 0 spiro atoms. The highest BCUT2D eigenvalue weighted by Gasteiger charge is 2.42. The molecule has 0 atom stereocenters. The monoisotopic (exact) mass is 291 g/mol. The number of rotatable bonds is 7. The average Bonchev–Trinajstić information content (AvgIpc) is 2.38. The highest BCUT2D eigenvalue weighted by molar-refractivity contribution is 5.96. The molecule has 1 aliphatic rings. The summed E-state index contributed by atoms with van der Waals surface area (Å²) in [5, 5.41) is 2.97. The maximum absolute atomic E-state index is 12.3. The van der Waals surface area contributed by atoms with Crippen LogP contribution in [-0.2, 0) is 4.79 Å². The van der Waals surface area contributed by atoms with Gasteiger partial charge in [-0.15, -0.1) is 0 Å². The molecule has 0 radical (unpaired) electrons. The van der Waals surface area contributed by atoms with Crippen molar-refractivity contribution in [2.24, 2.45) is 11.1 Å². The van der Waals surface area contributed by atoms with Crippen molar-refractivity contribution in [1.29, 1.82) is 0 Å². The molecule has 21 heavy (non-hydrogen) atoms. The number of anilines is 1. The Bertz CT molecular complexity index is 479. The Morgan fingerprint density at radius 2 is 2.19 bits per heavy atom. The van der Waals surface area contributed by atoms with Gasteiger partial charge in [-0.3, -0.25) is 4.79 Å². The lowest BCUT2D eigenvalue weighted by atomic mass is 9.68. The zero-order chi connectivity index (χ0) is 15.3. The number of likely N-dealkylation sites (N-methyl/N-ethyl adjacent to an activating group) is 1. The number of ether oxygens (including phenoxy) is 1. The van der Waals surface area contributed by atoms with Crippen LogP contribution in [0, 0.1) is 5.41 Å². The minimum Gasteiger partial charge on any atom is -0.492 e. The molecule has 1 aromatic rings. The molecule has 5 nitrogen and oxygen atoms in total. The lowest BCUT2D eigenvalue weighted by Gasteiger charge is -2.39. The number of carbonyl (C=O) groups excluding carboxylic acids is 1. The zero-order valence-electron chi connectivity index (χ0n) is 12.9. The molecule has 116 valence electrons. The van der Waals surface area contributed by atoms with Gasteiger partial charge in [-0.2, -0.15) is 0 Å². The van der Waals surface area contributed by atoms with E-state index < -0.39 is 0 Å². The molecule has 0 bridgehead atoms. The Kier molecular flexibility index (Phi) is 5.20. The van der Waals surface area contributed by atoms with Gasteiger partial charge in [-0.05, 0) is 39.1 Å². The third-order valence-corrected chi connectivity index (χ3v) is 4.08. The number of nitrogens with one attached hydrogen (secondary N) is 1. The molecule has 2 rings (SSSR count). The molecule has 0 unspecified atom stereocenters. The summed E-state index contributed by atoms with van der Waals surface area (Å²) in [5.74, 6) is 0.798. The zero-order valence-corrected chi connectivity index (χ0v) is 12.9. The number of nitrogens with zero attached hydrogens (tertiary/aromatic N) is 1. The largest absolute Gasteiger partial charge is 0.492 e. The lowest BCUT2D eigenvalue weighted by Crippen LogP contribution is -2.47. The summed E-state index contributed by atoms with van der Waals surface area (Å²) in [6.45, 7) is 1.89. The summed E-state index contributed by atoms with van der Waals surface area (Å²) in [5.41, 5.74) is 6.16. The van der Waals surface area contributed by atoms with Crippen molar-refractivity contribution < 1.29 is 9.53 Å². The van der Waals surface area contributed by atoms with Crippen LogP contribution in [0.5, 0.6) is 5.75 Å². The molecule has 1 amide bonds. The third-order valence-electron chi connectivity index (χ3n) is 4.08. The summed E-state index contributed by atoms with van der Waals surface area (Å²) in [7, 11) is 4.01. The van der Waals surface area contributed by atoms with E-state index in [9.17, 15) is 4.79 Å². The maximum Gasteiger partial charge on any atom is 0.231 e. The Morgan fingerprint density at radius 1 is 1.43 bits per heavy atom. The van der Waals surface area contributed by atoms with Crippen LogP contribution in [0.2, 0.25) is 0 Å². The fraction of sp³-hybridized carbons (Fsp3) is 0.562. The predicted octanol–water partition coefficient (Wildman–Crippen LogP) is 1.69. The van der Waals surface area contributed by atoms with Crippen molar-refractivity contribution in [3.63, 3.8) is 0 Å². The average molecular weight is 291 g/mol. The van der Waals surface area contributed by atoms with E-state index in [1.165, 1.54) is 0 Å². The van der Waals surface area contributed by atoms with Gasteiger partial charge in [0.25, 0.3) is 0 Å². The van der Waals surface area contributed by atoms with Crippen LogP contribution in [0.25, 0.3) is 0 Å². The quantitative estimate of drug-likeness (QED) is 0.802. The number of amides is 1. The summed E-state index contributed by atoms with van der Waals surface area (Å²) < 4.78 is 5.67. The number of carbonyl (C=O) groups is 1. The van der Waals surface area contributed by atoms with Crippen LogP contribution in [-0.4, -0.2) is 44.6 Å². The van der Waals surface area contributed by atoms with Gasteiger partial charge in [0.1, 0.15) is 12.4 Å². The molecule has 0 aliphatic heterocycles. The van der Waals surface area contributed by atoms with E-state index in [0.29, 0.717) is 13.2 Å². The first-order valence-corrected chi connectivity index (χ1v) is 7.45. The lowest BCUT2D eigenvalue weighted by molar-refractivity contribution is -0.129. The summed E-state index contributed by atoms with van der Waals surface area (Å²) in [4.78, 5) is 14.4. The van der Waals surface area contributed by atoms with Crippen LogP contribution >= 0.6 is 0 Å². The van der Waals surface area contributed by atoms with E-state index in [4.69, 9.17) is 10.5 Å². The molecule has 1 aromatic carbocycles. The molecule has 1 saturated carbocycles. The van der Waals surface area contributed by atoms with E-state index in [1.54, 1.807) is 0 Å². The van der Waals surface area contributed by atoms with Crippen molar-refractivity contribution in [2.45, 2.75) is 19.3 Å². The van der Waals surface area contributed by atoms with E-state index in [2.05, 4.69) is 10.2 Å². The van der Waals surface area contributed by atoms with Gasteiger partial charge in [-0.1, -0.05) is 12.5 Å². The van der Waals surface area contributed by atoms with Crippen molar-refractivity contribution in [3.8, 4) is 5.75 Å². The Morgan fingerprint density at radius 3 is 2.76 bits per heavy atom. The van der Waals surface area contributed by atoms with Crippen LogP contribution < -0.4 is 15.8 Å². The fourth-order valence-corrected chi connectivity index (χ4v) is 2.40. The second kappa shape index (κ2) is 6.91. The standard InChI is InChI=1S/C16H25N3O2/c1-19(2)9-10-21-14-6-3-5-13(11-14)18-15(20)16(12-17)7-4-8-16/h3,5-6,11H,4,7-10,12,17H2,1-2H3,(H,18,20). The van der Waals surface area contributed by atoms with E-state index in [-0.39, 0.29) is 11.3 Å². The fourth-order valence-electron chi connectivity index (χ4n) is 2.40. The van der Waals surface area contributed by atoms with Crippen LogP contribution in [0.3, 0.4) is 0 Å². The SMILES string of the molecule is CN(C)CCOc1cccc(NC(=O)C2(CN)CCC2)c1. The van der Waals surface area contributed by atoms with Crippen LogP contribution in [0.4, 0.5) is 5.69 Å². The summed E-state index contributed by atoms with van der Waals surface area (Å²) in [6, 6.07) is 7.51. The Balaban J connectivity index is 1.93. The van der Waals surface area contributed by atoms with Gasteiger partial charge in [-0.25, -0.2) is 0 Å². The van der Waals surface area contributed by atoms with Crippen molar-refractivity contribution >= 4 is 11.6 Å². The number of hydrogen-bond acceptors (Lipinski definition) is 4. The van der Waals surface area contributed by atoms with Crippen molar-refractivity contribution in [2.75, 3.05) is 39.1 Å². The van der Waals surface area contributed by atoms with Gasteiger partial charge in [0.15, 0.2) is 0 Å². The topological polar surface area (TPSA) is 67.6 Å². The van der Waals surface area contributed by atoms with E-state index in [1.807, 2.05) is 38.4 Å². The number of benzene rings is 1. The number of hydrogen-bond donors (Lipinski definition) is 2. The first kappa shape index (κ1) is 15.8. The van der Waals surface area contributed by atoms with Gasteiger partial charge in [0, 0.05) is 24.8 Å². The van der Waals surface area contributed by atoms with Gasteiger partial charge < -0.3 is 20.7 Å². The van der Waals surface area contributed by atoms with Gasteiger partial charge in [0.05, 0.1) is 5.41 Å². The Hall–Kier alpha value is -1.59. The second-order valence-electron chi connectivity index (χ2n) is 5.97. The number of nitrogens with two attached hydrogens (primary N) is 1. The first-order chi connectivity index (χ1) is 10.1. The van der Waals surface area contributed by atoms with Crippen LogP contribution in [0.15, 0.2) is 24.3 Å².